The Morgan fingerprint density at radius 2 is 1.76 bits per heavy atom. The normalized spacial score (nSPS) is 11.2. The third-order valence-corrected chi connectivity index (χ3v) is 6.97. The zero-order chi connectivity index (χ0) is 24.6. The second-order valence-corrected chi connectivity index (χ2v) is 9.34. The summed E-state index contributed by atoms with van der Waals surface area (Å²) in [5.74, 6) is -1.97. The van der Waals surface area contributed by atoms with E-state index in [4.69, 9.17) is 16.3 Å². The van der Waals surface area contributed by atoms with Crippen molar-refractivity contribution in [3.05, 3.63) is 58.6 Å². The number of amides is 2. The van der Waals surface area contributed by atoms with Crippen LogP contribution in [0.25, 0.3) is 0 Å². The van der Waals surface area contributed by atoms with E-state index in [1.54, 1.807) is 32.0 Å². The highest BCUT2D eigenvalue weighted by molar-refractivity contribution is 7.89. The minimum absolute atomic E-state index is 0.0262. The summed E-state index contributed by atoms with van der Waals surface area (Å²) in [6.07, 6.45) is 0. The summed E-state index contributed by atoms with van der Waals surface area (Å²) in [7, 11) is -3.75. The molecular weight excluding hydrogens is 470 g/mol. The molecule has 0 fully saturated rings. The lowest BCUT2D eigenvalue weighted by atomic mass is 10.1. The molecule has 2 aromatic rings. The number of nitrogens with one attached hydrogen (secondary N) is 2. The van der Waals surface area contributed by atoms with Crippen LogP contribution in [0.4, 0.5) is 5.69 Å². The standard InChI is InChI=1S/C22H26ClN3O6S/c1-4-26(5-2)33(30,31)17-9-10-18(23)19(12-17)25-20(27)14-32-21(28)13-24-22(29)16-8-6-7-15(3)11-16/h6-12H,4-5,13-14H2,1-3H3,(H,24,29)(H,25,27). The summed E-state index contributed by atoms with van der Waals surface area (Å²) in [4.78, 5) is 36.1. The first kappa shape index (κ1) is 26.3. The van der Waals surface area contributed by atoms with Gasteiger partial charge in [0.1, 0.15) is 6.54 Å². The van der Waals surface area contributed by atoms with Crippen LogP contribution in [0, 0.1) is 6.92 Å². The van der Waals surface area contributed by atoms with Gasteiger partial charge < -0.3 is 15.4 Å². The molecule has 33 heavy (non-hydrogen) atoms. The fourth-order valence-corrected chi connectivity index (χ4v) is 4.55. The number of sulfonamides is 1. The Morgan fingerprint density at radius 1 is 1.06 bits per heavy atom. The van der Waals surface area contributed by atoms with Crippen LogP contribution in [0.3, 0.4) is 0 Å². The first-order valence-electron chi connectivity index (χ1n) is 10.2. The van der Waals surface area contributed by atoms with Crippen molar-refractivity contribution in [2.75, 3.05) is 31.6 Å². The second kappa shape index (κ2) is 11.8. The second-order valence-electron chi connectivity index (χ2n) is 6.99. The van der Waals surface area contributed by atoms with Gasteiger partial charge in [0, 0.05) is 18.7 Å². The van der Waals surface area contributed by atoms with Crippen molar-refractivity contribution in [1.29, 1.82) is 0 Å². The van der Waals surface area contributed by atoms with Crippen LogP contribution >= 0.6 is 11.6 Å². The Labute approximate surface area is 198 Å². The van der Waals surface area contributed by atoms with Crippen molar-refractivity contribution >= 4 is 45.1 Å². The van der Waals surface area contributed by atoms with Crippen molar-refractivity contribution < 1.29 is 27.5 Å². The minimum atomic E-state index is -3.75. The van der Waals surface area contributed by atoms with E-state index in [0.717, 1.165) is 5.56 Å². The van der Waals surface area contributed by atoms with Crippen LogP contribution in [0.2, 0.25) is 5.02 Å². The maximum Gasteiger partial charge on any atom is 0.325 e. The highest BCUT2D eigenvalue weighted by atomic mass is 35.5. The van der Waals surface area contributed by atoms with Crippen LogP contribution in [0.1, 0.15) is 29.8 Å². The molecule has 0 unspecified atom stereocenters. The van der Waals surface area contributed by atoms with Gasteiger partial charge in [0.2, 0.25) is 10.0 Å². The molecule has 0 aliphatic rings. The average Bonchev–Trinajstić information content (AvgIpc) is 2.78. The Hall–Kier alpha value is -2.95. The molecule has 2 rings (SSSR count). The van der Waals surface area contributed by atoms with Gasteiger partial charge in [0.05, 0.1) is 15.6 Å². The third-order valence-electron chi connectivity index (χ3n) is 4.59. The number of hydrogen-bond donors (Lipinski definition) is 2. The van der Waals surface area contributed by atoms with E-state index in [2.05, 4.69) is 10.6 Å². The zero-order valence-corrected chi connectivity index (χ0v) is 20.1. The Bertz CT molecular complexity index is 1130. The topological polar surface area (TPSA) is 122 Å². The molecule has 11 heteroatoms. The van der Waals surface area contributed by atoms with E-state index >= 15 is 0 Å². The SMILES string of the molecule is CCN(CC)S(=O)(=O)c1ccc(Cl)c(NC(=O)COC(=O)CNC(=O)c2cccc(C)c2)c1. The molecule has 2 amide bonds. The van der Waals surface area contributed by atoms with Crippen LogP contribution in [0.15, 0.2) is 47.4 Å². The van der Waals surface area contributed by atoms with E-state index in [9.17, 15) is 22.8 Å². The van der Waals surface area contributed by atoms with Gasteiger partial charge >= 0.3 is 5.97 Å². The van der Waals surface area contributed by atoms with Gasteiger partial charge in [-0.25, -0.2) is 8.42 Å². The monoisotopic (exact) mass is 495 g/mol. The van der Waals surface area contributed by atoms with Gasteiger partial charge in [-0.15, -0.1) is 0 Å². The number of hydrogen-bond acceptors (Lipinski definition) is 6. The summed E-state index contributed by atoms with van der Waals surface area (Å²) in [6.45, 7) is 4.80. The molecule has 0 atom stereocenters. The van der Waals surface area contributed by atoms with Crippen molar-refractivity contribution in [3.8, 4) is 0 Å². The summed E-state index contributed by atoms with van der Waals surface area (Å²) in [5.41, 5.74) is 1.36. The maximum atomic E-state index is 12.7. The number of aryl methyl sites for hydroxylation is 1. The van der Waals surface area contributed by atoms with Gasteiger partial charge in [0.25, 0.3) is 11.8 Å². The number of carbonyl (C=O) groups excluding carboxylic acids is 3. The number of benzene rings is 2. The van der Waals surface area contributed by atoms with Gasteiger partial charge in [-0.1, -0.05) is 43.1 Å². The summed E-state index contributed by atoms with van der Waals surface area (Å²) < 4.78 is 31.5. The number of nitrogens with zero attached hydrogens (tertiary/aromatic N) is 1. The van der Waals surface area contributed by atoms with Crippen LogP contribution < -0.4 is 10.6 Å². The fraction of sp³-hybridized carbons (Fsp3) is 0.318. The van der Waals surface area contributed by atoms with Crippen LogP contribution in [0.5, 0.6) is 0 Å². The highest BCUT2D eigenvalue weighted by Crippen LogP contribution is 2.27. The molecule has 178 valence electrons. The number of rotatable bonds is 10. The molecule has 0 aliphatic carbocycles. The number of ether oxygens (including phenoxy) is 1. The largest absolute Gasteiger partial charge is 0.454 e. The summed E-state index contributed by atoms with van der Waals surface area (Å²) in [6, 6.07) is 10.8. The zero-order valence-electron chi connectivity index (χ0n) is 18.6. The van der Waals surface area contributed by atoms with E-state index < -0.39 is 41.0 Å². The Kier molecular flexibility index (Phi) is 9.39. The molecule has 0 aliphatic heterocycles. The van der Waals surface area contributed by atoms with Crippen molar-refractivity contribution in [3.63, 3.8) is 0 Å². The van der Waals surface area contributed by atoms with Crippen LogP contribution in [-0.2, 0) is 24.3 Å². The fourth-order valence-electron chi connectivity index (χ4n) is 2.90. The molecule has 0 radical (unpaired) electrons. The predicted molar refractivity (Wildman–Crippen MR) is 125 cm³/mol. The Balaban J connectivity index is 1.92. The summed E-state index contributed by atoms with van der Waals surface area (Å²) in [5, 5.41) is 4.97. The molecule has 0 saturated heterocycles. The van der Waals surface area contributed by atoms with Gasteiger partial charge in [0.15, 0.2) is 6.61 Å². The highest BCUT2D eigenvalue weighted by Gasteiger charge is 2.23. The predicted octanol–water partition coefficient (Wildman–Crippen LogP) is 2.59. The van der Waals surface area contributed by atoms with Crippen molar-refractivity contribution in [2.24, 2.45) is 0 Å². The van der Waals surface area contributed by atoms with Crippen LogP contribution in [-0.4, -0.2) is 56.7 Å². The van der Waals surface area contributed by atoms with E-state index in [0.29, 0.717) is 18.7 Å². The molecule has 0 heterocycles. The molecule has 9 nitrogen and oxygen atoms in total. The average molecular weight is 496 g/mol. The van der Waals surface area contributed by atoms with E-state index in [-0.39, 0.29) is 15.6 Å². The number of carbonyl (C=O) groups is 3. The lowest BCUT2D eigenvalue weighted by molar-refractivity contribution is -0.146. The lowest BCUT2D eigenvalue weighted by Crippen LogP contribution is -2.32. The first-order valence-corrected chi connectivity index (χ1v) is 12.0. The number of anilines is 1. The molecular formula is C22H26ClN3O6S. The Morgan fingerprint density at radius 3 is 2.39 bits per heavy atom. The molecule has 0 aromatic heterocycles. The maximum absolute atomic E-state index is 12.7. The number of halogens is 1. The van der Waals surface area contributed by atoms with Gasteiger partial charge in [-0.3, -0.25) is 14.4 Å². The molecule has 2 aromatic carbocycles. The van der Waals surface area contributed by atoms with E-state index in [1.807, 2.05) is 13.0 Å². The van der Waals surface area contributed by atoms with Crippen molar-refractivity contribution in [2.45, 2.75) is 25.7 Å². The molecule has 0 bridgehead atoms. The summed E-state index contributed by atoms with van der Waals surface area (Å²) >= 11 is 6.08. The molecule has 0 saturated carbocycles. The third kappa shape index (κ3) is 7.28. The molecule has 0 spiro atoms. The van der Waals surface area contributed by atoms with Crippen molar-refractivity contribution in [1.82, 2.24) is 9.62 Å². The number of esters is 1. The van der Waals surface area contributed by atoms with Gasteiger partial charge in [-0.2, -0.15) is 4.31 Å². The molecule has 2 N–H and O–H groups in total. The van der Waals surface area contributed by atoms with E-state index in [1.165, 1.54) is 22.5 Å². The van der Waals surface area contributed by atoms with Gasteiger partial charge in [-0.05, 0) is 37.3 Å². The lowest BCUT2D eigenvalue weighted by Gasteiger charge is -2.19. The first-order chi connectivity index (χ1) is 15.6. The minimum Gasteiger partial charge on any atom is -0.454 e. The quantitative estimate of drug-likeness (QED) is 0.488. The smallest absolute Gasteiger partial charge is 0.325 e.